The molecule has 0 spiro atoms. The minimum Gasteiger partial charge on any atom is -0.318 e. The second kappa shape index (κ2) is 5.09. The number of rotatable bonds is 3. The molecule has 94 valence electrons. The number of nitrogens with two attached hydrogens (primary N) is 1. The number of benzene rings is 2. The van der Waals surface area contributed by atoms with Gasteiger partial charge >= 0.3 is 0 Å². The van der Waals surface area contributed by atoms with Crippen molar-refractivity contribution in [2.24, 2.45) is 5.73 Å². The Bertz CT molecular complexity index is 541. The summed E-state index contributed by atoms with van der Waals surface area (Å²) < 4.78 is 13.2. The van der Waals surface area contributed by atoms with Crippen molar-refractivity contribution in [3.05, 3.63) is 70.5 Å². The highest BCUT2D eigenvalue weighted by Gasteiger charge is 2.27. The van der Waals surface area contributed by atoms with Gasteiger partial charge in [-0.3, -0.25) is 0 Å². The van der Waals surface area contributed by atoms with Crippen LogP contribution in [0.1, 0.15) is 24.5 Å². The van der Waals surface area contributed by atoms with Crippen molar-refractivity contribution in [2.75, 3.05) is 0 Å². The van der Waals surface area contributed by atoms with Gasteiger partial charge in [-0.2, -0.15) is 0 Å². The maximum absolute atomic E-state index is 13.2. The minimum absolute atomic E-state index is 0.103. The highest BCUT2D eigenvalue weighted by Crippen LogP contribution is 2.32. The highest BCUT2D eigenvalue weighted by atomic mass is 35.5. The lowest BCUT2D eigenvalue weighted by Gasteiger charge is -2.29. The Hall–Kier alpha value is -1.38. The summed E-state index contributed by atoms with van der Waals surface area (Å²) in [6, 6.07) is 14.4. The Kier molecular flexibility index (Phi) is 3.69. The van der Waals surface area contributed by atoms with Crippen LogP contribution in [-0.2, 0) is 5.54 Å². The van der Waals surface area contributed by atoms with Gasteiger partial charge in [-0.1, -0.05) is 54.9 Å². The zero-order chi connectivity index (χ0) is 13.2. The third-order valence-corrected chi connectivity index (χ3v) is 3.57. The third kappa shape index (κ3) is 2.26. The molecule has 2 N–H and O–H groups in total. The van der Waals surface area contributed by atoms with Crippen molar-refractivity contribution >= 4 is 11.6 Å². The smallest absolute Gasteiger partial charge is 0.141 e. The van der Waals surface area contributed by atoms with E-state index < -0.39 is 11.4 Å². The molecule has 0 radical (unpaired) electrons. The molecule has 1 atom stereocenters. The Morgan fingerprint density at radius 3 is 2.33 bits per heavy atom. The first-order valence-electron chi connectivity index (χ1n) is 5.88. The van der Waals surface area contributed by atoms with Crippen molar-refractivity contribution in [3.8, 4) is 0 Å². The van der Waals surface area contributed by atoms with Crippen LogP contribution in [0.2, 0.25) is 5.02 Å². The summed E-state index contributed by atoms with van der Waals surface area (Å²) in [5, 5.41) is 0.103. The van der Waals surface area contributed by atoms with E-state index in [1.165, 1.54) is 6.07 Å². The molecular weight excluding hydrogens is 249 g/mol. The molecule has 1 unspecified atom stereocenters. The van der Waals surface area contributed by atoms with Crippen molar-refractivity contribution in [1.82, 2.24) is 0 Å². The summed E-state index contributed by atoms with van der Waals surface area (Å²) in [6.45, 7) is 2.00. The van der Waals surface area contributed by atoms with E-state index in [1.54, 1.807) is 12.1 Å². The van der Waals surface area contributed by atoms with Gasteiger partial charge in [0.1, 0.15) is 5.82 Å². The summed E-state index contributed by atoms with van der Waals surface area (Å²) in [5.74, 6) is -0.424. The maximum Gasteiger partial charge on any atom is 0.141 e. The predicted molar refractivity (Wildman–Crippen MR) is 73.1 cm³/mol. The molecule has 18 heavy (non-hydrogen) atoms. The van der Waals surface area contributed by atoms with Crippen LogP contribution in [0.15, 0.2) is 48.5 Å². The predicted octanol–water partition coefficient (Wildman–Crippen LogP) is 4.09. The average Bonchev–Trinajstić information content (AvgIpc) is 2.42. The molecule has 2 aromatic carbocycles. The van der Waals surface area contributed by atoms with Gasteiger partial charge in [-0.05, 0) is 29.7 Å². The van der Waals surface area contributed by atoms with Crippen LogP contribution in [0.25, 0.3) is 0 Å². The molecule has 0 aliphatic heterocycles. The lowest BCUT2D eigenvalue weighted by molar-refractivity contribution is 0.517. The van der Waals surface area contributed by atoms with Gasteiger partial charge in [0.05, 0.1) is 10.6 Å². The quantitative estimate of drug-likeness (QED) is 0.887. The largest absolute Gasteiger partial charge is 0.318 e. The molecule has 0 saturated heterocycles. The first kappa shape index (κ1) is 13.1. The van der Waals surface area contributed by atoms with Gasteiger partial charge in [0, 0.05) is 0 Å². The fraction of sp³-hybridized carbons (Fsp3) is 0.200. The molecule has 1 nitrogen and oxygen atoms in total. The van der Waals surface area contributed by atoms with E-state index in [1.807, 2.05) is 37.3 Å². The zero-order valence-electron chi connectivity index (χ0n) is 10.2. The van der Waals surface area contributed by atoms with Crippen LogP contribution in [0.3, 0.4) is 0 Å². The molecule has 0 aliphatic rings. The van der Waals surface area contributed by atoms with Crippen LogP contribution in [0, 0.1) is 5.82 Å². The summed E-state index contributed by atoms with van der Waals surface area (Å²) >= 11 is 5.83. The summed E-state index contributed by atoms with van der Waals surface area (Å²) in [4.78, 5) is 0. The highest BCUT2D eigenvalue weighted by molar-refractivity contribution is 6.30. The van der Waals surface area contributed by atoms with Gasteiger partial charge in [-0.25, -0.2) is 4.39 Å². The van der Waals surface area contributed by atoms with Crippen LogP contribution in [0.4, 0.5) is 4.39 Å². The van der Waals surface area contributed by atoms with E-state index in [2.05, 4.69) is 0 Å². The third-order valence-electron chi connectivity index (χ3n) is 3.28. The number of hydrogen-bond donors (Lipinski definition) is 1. The van der Waals surface area contributed by atoms with E-state index in [-0.39, 0.29) is 5.02 Å². The van der Waals surface area contributed by atoms with Gasteiger partial charge in [-0.15, -0.1) is 0 Å². The van der Waals surface area contributed by atoms with E-state index in [9.17, 15) is 4.39 Å². The molecule has 0 saturated carbocycles. The number of halogens is 2. The van der Waals surface area contributed by atoms with Gasteiger partial charge in [0.25, 0.3) is 0 Å². The van der Waals surface area contributed by atoms with E-state index >= 15 is 0 Å². The molecular formula is C15H15ClFN. The van der Waals surface area contributed by atoms with Crippen molar-refractivity contribution in [2.45, 2.75) is 18.9 Å². The van der Waals surface area contributed by atoms with Gasteiger partial charge in [0.15, 0.2) is 0 Å². The lowest BCUT2D eigenvalue weighted by Crippen LogP contribution is -2.37. The first-order valence-corrected chi connectivity index (χ1v) is 6.25. The lowest BCUT2D eigenvalue weighted by atomic mass is 9.82. The van der Waals surface area contributed by atoms with Crippen LogP contribution < -0.4 is 5.73 Å². The van der Waals surface area contributed by atoms with Crippen LogP contribution in [-0.4, -0.2) is 0 Å². The molecule has 0 amide bonds. The van der Waals surface area contributed by atoms with Crippen molar-refractivity contribution < 1.29 is 4.39 Å². The Balaban J connectivity index is 2.53. The molecule has 3 heteroatoms. The monoisotopic (exact) mass is 263 g/mol. The minimum atomic E-state index is -0.640. The Morgan fingerprint density at radius 2 is 1.78 bits per heavy atom. The van der Waals surface area contributed by atoms with Crippen molar-refractivity contribution in [3.63, 3.8) is 0 Å². The zero-order valence-corrected chi connectivity index (χ0v) is 10.9. The van der Waals surface area contributed by atoms with Gasteiger partial charge < -0.3 is 5.73 Å². The Morgan fingerprint density at radius 1 is 1.11 bits per heavy atom. The normalized spacial score (nSPS) is 14.2. The molecule has 0 heterocycles. The molecule has 0 bridgehead atoms. The van der Waals surface area contributed by atoms with Crippen LogP contribution in [0.5, 0.6) is 0 Å². The second-order valence-electron chi connectivity index (χ2n) is 4.32. The second-order valence-corrected chi connectivity index (χ2v) is 4.73. The summed E-state index contributed by atoms with van der Waals surface area (Å²) in [7, 11) is 0. The molecule has 2 rings (SSSR count). The van der Waals surface area contributed by atoms with Crippen LogP contribution >= 0.6 is 11.6 Å². The number of hydrogen-bond acceptors (Lipinski definition) is 1. The Labute approximate surface area is 111 Å². The summed E-state index contributed by atoms with van der Waals surface area (Å²) in [6.07, 6.45) is 0.707. The standard InChI is InChI=1S/C15H15ClFN/c1-2-15(18,11-6-4-3-5-7-11)12-8-9-14(17)13(16)10-12/h3-10H,2,18H2,1H3. The van der Waals surface area contributed by atoms with E-state index in [4.69, 9.17) is 17.3 Å². The molecule has 0 fully saturated rings. The average molecular weight is 264 g/mol. The molecule has 0 aromatic heterocycles. The molecule has 0 aliphatic carbocycles. The SMILES string of the molecule is CCC(N)(c1ccccc1)c1ccc(F)c(Cl)c1. The van der Waals surface area contributed by atoms with E-state index in [0.717, 1.165) is 11.1 Å². The van der Waals surface area contributed by atoms with E-state index in [0.29, 0.717) is 6.42 Å². The fourth-order valence-corrected chi connectivity index (χ4v) is 2.26. The fourth-order valence-electron chi connectivity index (χ4n) is 2.08. The molecule has 2 aromatic rings. The maximum atomic E-state index is 13.2. The topological polar surface area (TPSA) is 26.0 Å². The van der Waals surface area contributed by atoms with Crippen molar-refractivity contribution in [1.29, 1.82) is 0 Å². The van der Waals surface area contributed by atoms with Gasteiger partial charge in [0.2, 0.25) is 0 Å². The summed E-state index contributed by atoms with van der Waals surface area (Å²) in [5.41, 5.74) is 7.65. The first-order chi connectivity index (χ1) is 8.58.